The molecule has 4 rings (SSSR count). The molecule has 1 atom stereocenters. The number of carboxylic acid groups (broad SMARTS) is 1. The van der Waals surface area contributed by atoms with Crippen LogP contribution in [0.25, 0.3) is 0 Å². The predicted molar refractivity (Wildman–Crippen MR) is 111 cm³/mol. The normalized spacial score (nSPS) is 16.1. The number of hydrogen-bond acceptors (Lipinski definition) is 6. The summed E-state index contributed by atoms with van der Waals surface area (Å²) in [5.74, 6) is 1.05. The Morgan fingerprint density at radius 1 is 1.13 bits per heavy atom. The van der Waals surface area contributed by atoms with E-state index in [4.69, 9.17) is 14.6 Å². The highest BCUT2D eigenvalue weighted by molar-refractivity contribution is 5.65. The summed E-state index contributed by atoms with van der Waals surface area (Å²) in [5, 5.41) is 12.3. The van der Waals surface area contributed by atoms with Gasteiger partial charge in [-0.25, -0.2) is 14.8 Å². The average Bonchev–Trinajstić information content (AvgIpc) is 2.80. The zero-order valence-corrected chi connectivity index (χ0v) is 16.3. The molecule has 3 aromatic rings. The van der Waals surface area contributed by atoms with Crippen LogP contribution in [0.4, 0.5) is 16.4 Å². The van der Waals surface area contributed by atoms with E-state index in [-0.39, 0.29) is 6.10 Å². The van der Waals surface area contributed by atoms with Gasteiger partial charge in [0, 0.05) is 12.2 Å². The summed E-state index contributed by atoms with van der Waals surface area (Å²) >= 11 is 0. The molecule has 2 heterocycles. The van der Waals surface area contributed by atoms with Gasteiger partial charge in [0.05, 0.1) is 25.5 Å². The van der Waals surface area contributed by atoms with Crippen molar-refractivity contribution in [1.29, 1.82) is 0 Å². The quantitative estimate of drug-likeness (QED) is 0.642. The molecule has 1 unspecified atom stereocenters. The maximum absolute atomic E-state index is 11.2. The minimum absolute atomic E-state index is 0.263. The van der Waals surface area contributed by atoms with Gasteiger partial charge in [0.15, 0.2) is 5.75 Å². The van der Waals surface area contributed by atoms with Crippen molar-refractivity contribution >= 4 is 17.7 Å². The average molecular weight is 406 g/mol. The van der Waals surface area contributed by atoms with Crippen molar-refractivity contribution in [3.8, 4) is 5.75 Å². The summed E-state index contributed by atoms with van der Waals surface area (Å²) in [7, 11) is 0. The van der Waals surface area contributed by atoms with Gasteiger partial charge < -0.3 is 24.8 Å². The molecule has 1 aliphatic rings. The fourth-order valence-corrected chi connectivity index (χ4v) is 3.13. The van der Waals surface area contributed by atoms with Crippen molar-refractivity contribution in [1.82, 2.24) is 14.9 Å². The Labute approximate surface area is 174 Å². The lowest BCUT2D eigenvalue weighted by molar-refractivity contribution is -0.0231. The lowest BCUT2D eigenvalue weighted by Crippen LogP contribution is -2.41. The Kier molecular flexibility index (Phi) is 6.05. The molecule has 2 N–H and O–H groups in total. The van der Waals surface area contributed by atoms with Crippen LogP contribution in [0.5, 0.6) is 5.75 Å². The maximum atomic E-state index is 11.2. The summed E-state index contributed by atoms with van der Waals surface area (Å²) in [6.45, 7) is 1.58. The van der Waals surface area contributed by atoms with Crippen molar-refractivity contribution in [2.75, 3.05) is 25.0 Å². The van der Waals surface area contributed by atoms with Gasteiger partial charge in [0.1, 0.15) is 12.7 Å². The molecule has 1 fully saturated rings. The molecule has 0 spiro atoms. The van der Waals surface area contributed by atoms with E-state index in [1.54, 1.807) is 12.4 Å². The summed E-state index contributed by atoms with van der Waals surface area (Å²) < 4.78 is 11.4. The second kappa shape index (κ2) is 9.23. The fraction of sp³-hybridized carbons (Fsp3) is 0.227. The first-order chi connectivity index (χ1) is 14.7. The standard InChI is InChI=1S/C22H22N4O4/c27-22(28)26-10-11-29-20(14-26)17-6-8-18(9-7-17)25-21-23-12-19(13-24-21)30-15-16-4-2-1-3-5-16/h1-9,12-13,20H,10-11,14-15H2,(H,27,28)(H,23,24,25). The molecular weight excluding hydrogens is 384 g/mol. The molecule has 30 heavy (non-hydrogen) atoms. The fourth-order valence-electron chi connectivity index (χ4n) is 3.13. The first-order valence-corrected chi connectivity index (χ1v) is 9.62. The van der Waals surface area contributed by atoms with Crippen LogP contribution in [0.15, 0.2) is 67.0 Å². The molecule has 154 valence electrons. The topological polar surface area (TPSA) is 96.8 Å². The Morgan fingerprint density at radius 3 is 2.57 bits per heavy atom. The van der Waals surface area contributed by atoms with Crippen molar-refractivity contribution in [2.45, 2.75) is 12.7 Å². The van der Waals surface area contributed by atoms with Gasteiger partial charge in [-0.1, -0.05) is 42.5 Å². The number of ether oxygens (including phenoxy) is 2. The third-order valence-corrected chi connectivity index (χ3v) is 4.75. The maximum Gasteiger partial charge on any atom is 0.407 e. The van der Waals surface area contributed by atoms with Gasteiger partial charge in [-0.3, -0.25) is 0 Å². The molecule has 8 nitrogen and oxygen atoms in total. The van der Waals surface area contributed by atoms with Crippen LogP contribution in [-0.4, -0.2) is 45.8 Å². The summed E-state index contributed by atoms with van der Waals surface area (Å²) in [6, 6.07) is 17.5. The SMILES string of the molecule is O=C(O)N1CCOC(c2ccc(Nc3ncc(OCc4ccccc4)cn3)cc2)C1. The zero-order chi connectivity index (χ0) is 20.8. The molecular formula is C22H22N4O4. The van der Waals surface area contributed by atoms with E-state index in [2.05, 4.69) is 15.3 Å². The monoisotopic (exact) mass is 406 g/mol. The number of morpholine rings is 1. The van der Waals surface area contributed by atoms with Crippen molar-refractivity contribution in [3.05, 3.63) is 78.1 Å². The molecule has 2 aromatic carbocycles. The van der Waals surface area contributed by atoms with E-state index in [1.807, 2.05) is 54.6 Å². The third-order valence-electron chi connectivity index (χ3n) is 4.75. The smallest absolute Gasteiger partial charge is 0.407 e. The van der Waals surface area contributed by atoms with E-state index in [9.17, 15) is 4.79 Å². The number of anilines is 2. The number of nitrogens with one attached hydrogen (secondary N) is 1. The van der Waals surface area contributed by atoms with Crippen LogP contribution >= 0.6 is 0 Å². The second-order valence-electron chi connectivity index (χ2n) is 6.85. The number of amides is 1. The van der Waals surface area contributed by atoms with Crippen molar-refractivity contribution in [2.24, 2.45) is 0 Å². The Balaban J connectivity index is 1.32. The van der Waals surface area contributed by atoms with Crippen LogP contribution in [0.3, 0.4) is 0 Å². The van der Waals surface area contributed by atoms with E-state index in [0.717, 1.165) is 16.8 Å². The Bertz CT molecular complexity index is 965. The first kappa shape index (κ1) is 19.7. The Morgan fingerprint density at radius 2 is 1.87 bits per heavy atom. The summed E-state index contributed by atoms with van der Waals surface area (Å²) in [6.07, 6.45) is 2.07. The number of aromatic nitrogens is 2. The highest BCUT2D eigenvalue weighted by atomic mass is 16.5. The third kappa shape index (κ3) is 5.03. The van der Waals surface area contributed by atoms with Crippen LogP contribution in [-0.2, 0) is 11.3 Å². The lowest BCUT2D eigenvalue weighted by atomic mass is 10.1. The number of rotatable bonds is 6. The molecule has 0 radical (unpaired) electrons. The van der Waals surface area contributed by atoms with Gasteiger partial charge in [-0.05, 0) is 23.3 Å². The minimum atomic E-state index is -0.921. The number of benzene rings is 2. The van der Waals surface area contributed by atoms with E-state index in [1.165, 1.54) is 4.90 Å². The highest BCUT2D eigenvalue weighted by Gasteiger charge is 2.24. The summed E-state index contributed by atoms with van der Waals surface area (Å²) in [5.41, 5.74) is 2.83. The van der Waals surface area contributed by atoms with Crippen LogP contribution in [0.1, 0.15) is 17.2 Å². The Hall–Kier alpha value is -3.65. The first-order valence-electron chi connectivity index (χ1n) is 9.62. The molecule has 0 saturated carbocycles. The molecule has 0 bridgehead atoms. The molecule has 1 aliphatic heterocycles. The molecule has 0 aliphatic carbocycles. The number of hydrogen-bond donors (Lipinski definition) is 2. The molecule has 1 saturated heterocycles. The van der Waals surface area contributed by atoms with Gasteiger partial charge >= 0.3 is 6.09 Å². The zero-order valence-electron chi connectivity index (χ0n) is 16.3. The van der Waals surface area contributed by atoms with Crippen LogP contribution in [0, 0.1) is 0 Å². The van der Waals surface area contributed by atoms with Crippen molar-refractivity contribution in [3.63, 3.8) is 0 Å². The van der Waals surface area contributed by atoms with Gasteiger partial charge in [-0.15, -0.1) is 0 Å². The van der Waals surface area contributed by atoms with Gasteiger partial charge in [0.2, 0.25) is 5.95 Å². The molecule has 1 amide bonds. The second-order valence-corrected chi connectivity index (χ2v) is 6.85. The van der Waals surface area contributed by atoms with Crippen LogP contribution in [0.2, 0.25) is 0 Å². The van der Waals surface area contributed by atoms with E-state index < -0.39 is 6.09 Å². The van der Waals surface area contributed by atoms with Crippen molar-refractivity contribution < 1.29 is 19.4 Å². The minimum Gasteiger partial charge on any atom is -0.486 e. The molecule has 1 aromatic heterocycles. The molecule has 8 heteroatoms. The number of nitrogens with zero attached hydrogens (tertiary/aromatic N) is 3. The largest absolute Gasteiger partial charge is 0.486 e. The van der Waals surface area contributed by atoms with E-state index in [0.29, 0.717) is 38.0 Å². The summed E-state index contributed by atoms with van der Waals surface area (Å²) in [4.78, 5) is 21.1. The van der Waals surface area contributed by atoms with E-state index >= 15 is 0 Å². The van der Waals surface area contributed by atoms with Gasteiger partial charge in [0.25, 0.3) is 0 Å². The highest BCUT2D eigenvalue weighted by Crippen LogP contribution is 2.24. The number of carbonyl (C=O) groups is 1. The van der Waals surface area contributed by atoms with Gasteiger partial charge in [-0.2, -0.15) is 0 Å². The predicted octanol–water partition coefficient (Wildman–Crippen LogP) is 3.85. The lowest BCUT2D eigenvalue weighted by Gasteiger charge is -2.31. The van der Waals surface area contributed by atoms with Crippen LogP contribution < -0.4 is 10.1 Å².